The molecule has 28 heavy (non-hydrogen) atoms. The molecule has 1 fully saturated rings. The second-order valence-electron chi connectivity index (χ2n) is 9.07. The number of thioether (sulfide) groups is 1. The summed E-state index contributed by atoms with van der Waals surface area (Å²) < 4.78 is 1.97. The van der Waals surface area contributed by atoms with Crippen LogP contribution < -0.4 is 5.56 Å². The zero-order chi connectivity index (χ0) is 20.1. The maximum Gasteiger partial charge on any atom is 0.258 e. The van der Waals surface area contributed by atoms with Gasteiger partial charge in [0.2, 0.25) is 5.91 Å². The van der Waals surface area contributed by atoms with Crippen LogP contribution in [0.5, 0.6) is 0 Å². The summed E-state index contributed by atoms with van der Waals surface area (Å²) in [5, 5.41) is 0. The van der Waals surface area contributed by atoms with Gasteiger partial charge >= 0.3 is 0 Å². The van der Waals surface area contributed by atoms with Gasteiger partial charge in [0.1, 0.15) is 0 Å². The van der Waals surface area contributed by atoms with Crippen LogP contribution in [0.2, 0.25) is 0 Å². The van der Waals surface area contributed by atoms with Gasteiger partial charge in [0.05, 0.1) is 0 Å². The SMILES string of the molecule is CSc1ccc(-c2ccc3n(c2=O)C[C@@H]2C[C@@H]3CN(C(=O)C(C)(C)C)C2)cc1. The Bertz CT molecular complexity index is 956. The van der Waals surface area contributed by atoms with Gasteiger partial charge in [-0.05, 0) is 48.4 Å². The van der Waals surface area contributed by atoms with E-state index in [2.05, 4.69) is 24.5 Å². The average molecular weight is 397 g/mol. The van der Waals surface area contributed by atoms with Crippen molar-refractivity contribution in [3.63, 3.8) is 0 Å². The Morgan fingerprint density at radius 2 is 1.75 bits per heavy atom. The molecule has 0 radical (unpaired) electrons. The highest BCUT2D eigenvalue weighted by Gasteiger charge is 2.39. The Morgan fingerprint density at radius 3 is 2.39 bits per heavy atom. The highest BCUT2D eigenvalue weighted by molar-refractivity contribution is 7.98. The number of amides is 1. The van der Waals surface area contributed by atoms with Crippen LogP contribution in [0.1, 0.15) is 38.8 Å². The first-order chi connectivity index (χ1) is 13.3. The lowest BCUT2D eigenvalue weighted by Crippen LogP contribution is -2.51. The first kappa shape index (κ1) is 19.3. The zero-order valence-electron chi connectivity index (χ0n) is 17.1. The molecule has 0 saturated carbocycles. The molecular weight excluding hydrogens is 368 g/mol. The van der Waals surface area contributed by atoms with Crippen LogP contribution in [0.15, 0.2) is 46.1 Å². The van der Waals surface area contributed by atoms with Gasteiger partial charge in [0.15, 0.2) is 0 Å². The monoisotopic (exact) mass is 396 g/mol. The van der Waals surface area contributed by atoms with E-state index in [1.54, 1.807) is 11.8 Å². The second kappa shape index (κ2) is 7.11. The molecule has 3 heterocycles. The number of carbonyl (C=O) groups is 1. The van der Waals surface area contributed by atoms with E-state index in [9.17, 15) is 9.59 Å². The number of carbonyl (C=O) groups excluding carboxylic acids is 1. The molecule has 1 aromatic heterocycles. The van der Waals surface area contributed by atoms with Crippen molar-refractivity contribution >= 4 is 17.7 Å². The fourth-order valence-corrected chi connectivity index (χ4v) is 4.98. The first-order valence-electron chi connectivity index (χ1n) is 9.95. The summed E-state index contributed by atoms with van der Waals surface area (Å²) in [4.78, 5) is 29.2. The number of pyridine rings is 1. The van der Waals surface area contributed by atoms with E-state index in [0.29, 0.717) is 19.0 Å². The summed E-state index contributed by atoms with van der Waals surface area (Å²) in [6, 6.07) is 12.3. The fourth-order valence-electron chi connectivity index (χ4n) is 4.58. The molecule has 1 amide bonds. The van der Waals surface area contributed by atoms with E-state index in [0.717, 1.165) is 29.8 Å². The summed E-state index contributed by atoms with van der Waals surface area (Å²) in [7, 11) is 0. The van der Waals surface area contributed by atoms with Gasteiger partial charge in [-0.15, -0.1) is 11.8 Å². The molecule has 1 aromatic carbocycles. The molecular formula is C23H28N2O2S. The van der Waals surface area contributed by atoms with Crippen LogP contribution in [0.4, 0.5) is 0 Å². The summed E-state index contributed by atoms with van der Waals surface area (Å²) in [6.45, 7) is 8.11. The Labute approximate surface area is 170 Å². The van der Waals surface area contributed by atoms with Crippen molar-refractivity contribution in [3.8, 4) is 11.1 Å². The third kappa shape index (κ3) is 3.41. The van der Waals surface area contributed by atoms with Crippen LogP contribution in [-0.4, -0.2) is 34.7 Å². The van der Waals surface area contributed by atoms with Crippen molar-refractivity contribution in [2.24, 2.45) is 11.3 Å². The molecule has 5 heteroatoms. The number of likely N-dealkylation sites (tertiary alicyclic amines) is 1. The van der Waals surface area contributed by atoms with Crippen LogP contribution in [0, 0.1) is 11.3 Å². The van der Waals surface area contributed by atoms with Crippen LogP contribution >= 0.6 is 11.8 Å². The molecule has 0 spiro atoms. The standard InChI is InChI=1S/C23H28N2O2S/c1-23(2,3)22(27)24-12-15-11-17(14-24)20-10-9-19(21(26)25(20)13-15)16-5-7-18(28-4)8-6-16/h5-10,15,17H,11-14H2,1-4H3/t15-,17-/m1/s1. The first-order valence-corrected chi connectivity index (χ1v) is 11.2. The van der Waals surface area contributed by atoms with E-state index in [1.165, 1.54) is 4.90 Å². The second-order valence-corrected chi connectivity index (χ2v) is 9.95. The van der Waals surface area contributed by atoms with Crippen LogP contribution in [0.3, 0.4) is 0 Å². The lowest BCUT2D eigenvalue weighted by Gasteiger charge is -2.44. The van der Waals surface area contributed by atoms with Gasteiger partial charge in [-0.3, -0.25) is 9.59 Å². The molecule has 0 unspecified atom stereocenters. The highest BCUT2D eigenvalue weighted by atomic mass is 32.2. The molecule has 0 aliphatic carbocycles. The number of hydrogen-bond acceptors (Lipinski definition) is 3. The molecule has 148 valence electrons. The number of benzene rings is 1. The Morgan fingerprint density at radius 1 is 1.04 bits per heavy atom. The van der Waals surface area contributed by atoms with E-state index >= 15 is 0 Å². The Balaban J connectivity index is 1.67. The molecule has 4 rings (SSSR count). The number of fused-ring (bicyclic) bond motifs is 4. The predicted molar refractivity (Wildman–Crippen MR) is 115 cm³/mol. The minimum atomic E-state index is -0.363. The molecule has 2 aliphatic rings. The summed E-state index contributed by atoms with van der Waals surface area (Å²) >= 11 is 1.70. The normalized spacial score (nSPS) is 21.4. The number of aromatic nitrogens is 1. The van der Waals surface area contributed by atoms with Gasteiger partial charge < -0.3 is 9.47 Å². The van der Waals surface area contributed by atoms with Crippen molar-refractivity contribution in [2.75, 3.05) is 19.3 Å². The third-order valence-electron chi connectivity index (χ3n) is 5.93. The molecule has 4 nitrogen and oxygen atoms in total. The summed E-state index contributed by atoms with van der Waals surface area (Å²) in [5.41, 5.74) is 2.55. The molecule has 1 saturated heterocycles. The van der Waals surface area contributed by atoms with Crippen molar-refractivity contribution in [1.29, 1.82) is 0 Å². The fraction of sp³-hybridized carbons (Fsp3) is 0.478. The summed E-state index contributed by atoms with van der Waals surface area (Å²) in [6.07, 6.45) is 3.12. The minimum Gasteiger partial charge on any atom is -0.341 e. The Kier molecular flexibility index (Phi) is 4.90. The third-order valence-corrected chi connectivity index (χ3v) is 6.68. The topological polar surface area (TPSA) is 42.3 Å². The number of piperidine rings is 1. The largest absolute Gasteiger partial charge is 0.341 e. The minimum absolute atomic E-state index is 0.0969. The van der Waals surface area contributed by atoms with Crippen molar-refractivity contribution in [1.82, 2.24) is 9.47 Å². The summed E-state index contributed by atoms with van der Waals surface area (Å²) in [5.74, 6) is 0.812. The van der Waals surface area contributed by atoms with Gasteiger partial charge in [0.25, 0.3) is 5.56 Å². The highest BCUT2D eigenvalue weighted by Crippen LogP contribution is 2.37. The number of nitrogens with zero attached hydrogens (tertiary/aromatic N) is 2. The van der Waals surface area contributed by atoms with Gasteiger partial charge in [0, 0.05) is 47.1 Å². The smallest absolute Gasteiger partial charge is 0.258 e. The van der Waals surface area contributed by atoms with Crippen molar-refractivity contribution in [3.05, 3.63) is 52.4 Å². The van der Waals surface area contributed by atoms with E-state index in [-0.39, 0.29) is 22.8 Å². The molecule has 2 aromatic rings. The van der Waals surface area contributed by atoms with Crippen molar-refractivity contribution < 1.29 is 4.79 Å². The maximum atomic E-state index is 13.3. The predicted octanol–water partition coefficient (Wildman–Crippen LogP) is 4.23. The lowest BCUT2D eigenvalue weighted by atomic mass is 9.81. The number of rotatable bonds is 2. The van der Waals surface area contributed by atoms with Crippen molar-refractivity contribution in [2.45, 2.75) is 44.6 Å². The zero-order valence-corrected chi connectivity index (χ0v) is 17.9. The van der Waals surface area contributed by atoms with E-state index < -0.39 is 0 Å². The van der Waals surface area contributed by atoms with Gasteiger partial charge in [-0.2, -0.15) is 0 Å². The van der Waals surface area contributed by atoms with Gasteiger partial charge in [-0.25, -0.2) is 0 Å². The lowest BCUT2D eigenvalue weighted by molar-refractivity contribution is -0.142. The number of hydrogen-bond donors (Lipinski definition) is 0. The molecule has 2 bridgehead atoms. The molecule has 2 aliphatic heterocycles. The quantitative estimate of drug-likeness (QED) is 0.714. The average Bonchev–Trinajstić information content (AvgIpc) is 2.67. The van der Waals surface area contributed by atoms with E-state index in [4.69, 9.17) is 0 Å². The van der Waals surface area contributed by atoms with Gasteiger partial charge in [-0.1, -0.05) is 32.9 Å². The molecule has 2 atom stereocenters. The van der Waals surface area contributed by atoms with E-state index in [1.807, 2.05) is 48.4 Å². The van der Waals surface area contributed by atoms with Crippen LogP contribution in [0.25, 0.3) is 11.1 Å². The molecule has 0 N–H and O–H groups in total. The maximum absolute atomic E-state index is 13.3. The Hall–Kier alpha value is -2.01. The van der Waals surface area contributed by atoms with Crippen LogP contribution in [-0.2, 0) is 11.3 Å².